The number of esters is 1. The van der Waals surface area contributed by atoms with Gasteiger partial charge in [-0.15, -0.1) is 0 Å². The smallest absolute Gasteiger partial charge is 0.408 e. The average molecular weight is 937 g/mol. The predicted octanol–water partition coefficient (Wildman–Crippen LogP) is 2.10. The zero-order chi connectivity index (χ0) is 51.0. The lowest BCUT2D eigenvalue weighted by atomic mass is 9.97. The molecule has 19 nitrogen and oxygen atoms in total. The van der Waals surface area contributed by atoms with E-state index in [0.717, 1.165) is 0 Å². The molecule has 0 radical (unpaired) electrons. The SMILES string of the molecule is COC(=O)C(C)(C)NC(=O)[C@H](Cc1ccccc1)NC(=O)[C@H](C)NC(=O)[C@@H](NC(=O)C(C)(C)NC(=O)[C@H](Cc1ccccc1)NC(=O)[C@H](C)NC(=O)[C@@H](NC(=O)OC(C)(C)C)C(C)C)C(C)C. The van der Waals surface area contributed by atoms with Crippen molar-refractivity contribution in [1.82, 2.24) is 42.5 Å². The van der Waals surface area contributed by atoms with Gasteiger partial charge in [0.25, 0.3) is 0 Å². The maximum absolute atomic E-state index is 14.0. The molecule has 0 heterocycles. The highest BCUT2D eigenvalue weighted by Gasteiger charge is 2.38. The van der Waals surface area contributed by atoms with E-state index < -0.39 is 112 Å². The maximum Gasteiger partial charge on any atom is 0.408 e. The molecule has 0 bridgehead atoms. The van der Waals surface area contributed by atoms with Crippen LogP contribution in [0.3, 0.4) is 0 Å². The highest BCUT2D eigenvalue weighted by molar-refractivity contribution is 5.99. The summed E-state index contributed by atoms with van der Waals surface area (Å²) in [5.74, 6) is -6.60. The summed E-state index contributed by atoms with van der Waals surface area (Å²) in [4.78, 5) is 120. The summed E-state index contributed by atoms with van der Waals surface area (Å²) in [6.45, 7) is 20.4. The van der Waals surface area contributed by atoms with Gasteiger partial charge in [0.05, 0.1) is 7.11 Å². The standard InChI is InChI=1S/C48H72N8O11/c1-27(2)35(41(61)49-29(5)37(57)52-34(26-32-23-19-16-20-24-32)40(60)56-48(12,13)44(64)66-14)53-43(63)47(10,11)55-39(59)33(25-31-21-17-15-18-22-31)51-38(58)30(6)50-42(62)36(28(3)4)54-45(65)67-46(7,8)9/h15-24,27-30,33-36H,25-26H2,1-14H3,(H,49,61)(H,50,62)(H,51,58)(H,52,57)(H,53,63)(H,54,65)(H,55,59)(H,56,60)/t29-,30-,33-,34-,35-,36-/m0/s1. The van der Waals surface area contributed by atoms with Crippen LogP contribution in [-0.2, 0) is 60.7 Å². The Morgan fingerprint density at radius 1 is 0.478 bits per heavy atom. The first-order valence-corrected chi connectivity index (χ1v) is 22.3. The van der Waals surface area contributed by atoms with Crippen molar-refractivity contribution in [2.24, 2.45) is 11.8 Å². The minimum absolute atomic E-state index is 0.000515. The van der Waals surface area contributed by atoms with Crippen molar-refractivity contribution >= 4 is 53.4 Å². The Kier molecular flexibility index (Phi) is 21.0. The first kappa shape index (κ1) is 56.6. The molecule has 2 rings (SSSR count). The summed E-state index contributed by atoms with van der Waals surface area (Å²) in [6, 6.07) is 10.6. The van der Waals surface area contributed by atoms with Crippen molar-refractivity contribution in [3.05, 3.63) is 71.8 Å². The van der Waals surface area contributed by atoms with E-state index in [1.165, 1.54) is 48.7 Å². The second-order valence-corrected chi connectivity index (χ2v) is 19.2. The number of rotatable bonds is 22. The highest BCUT2D eigenvalue weighted by atomic mass is 16.6. The molecule has 2 aromatic carbocycles. The van der Waals surface area contributed by atoms with E-state index >= 15 is 0 Å². The van der Waals surface area contributed by atoms with E-state index in [-0.39, 0.29) is 18.8 Å². The molecule has 0 spiro atoms. The van der Waals surface area contributed by atoms with Crippen LogP contribution in [0.5, 0.6) is 0 Å². The lowest BCUT2D eigenvalue weighted by Crippen LogP contribution is -2.64. The van der Waals surface area contributed by atoms with Crippen LogP contribution in [-0.4, -0.2) is 113 Å². The van der Waals surface area contributed by atoms with Gasteiger partial charge in [-0.1, -0.05) is 88.4 Å². The van der Waals surface area contributed by atoms with Crippen LogP contribution >= 0.6 is 0 Å². The summed E-state index contributed by atoms with van der Waals surface area (Å²) in [6.07, 6.45) is -0.752. The molecule has 8 amide bonds. The number of hydrogen-bond donors (Lipinski definition) is 8. The molecule has 67 heavy (non-hydrogen) atoms. The molecule has 6 atom stereocenters. The molecule has 0 aliphatic rings. The third kappa shape index (κ3) is 18.7. The van der Waals surface area contributed by atoms with Gasteiger partial charge < -0.3 is 52.0 Å². The average Bonchev–Trinajstić information content (AvgIpc) is 3.22. The van der Waals surface area contributed by atoms with Gasteiger partial charge in [-0.25, -0.2) is 9.59 Å². The number of alkyl carbamates (subject to hydrolysis) is 1. The van der Waals surface area contributed by atoms with E-state index in [0.29, 0.717) is 11.1 Å². The second-order valence-electron chi connectivity index (χ2n) is 19.2. The molecule has 0 aromatic heterocycles. The third-order valence-electron chi connectivity index (χ3n) is 10.3. The fourth-order valence-corrected chi connectivity index (χ4v) is 6.43. The minimum Gasteiger partial charge on any atom is -0.467 e. The van der Waals surface area contributed by atoms with Crippen molar-refractivity contribution in [3.8, 4) is 0 Å². The largest absolute Gasteiger partial charge is 0.467 e. The molecular formula is C48H72N8O11. The van der Waals surface area contributed by atoms with Gasteiger partial charge in [0.2, 0.25) is 41.4 Å². The zero-order valence-corrected chi connectivity index (χ0v) is 41.3. The van der Waals surface area contributed by atoms with Gasteiger partial charge in [0, 0.05) is 12.8 Å². The van der Waals surface area contributed by atoms with Crippen LogP contribution in [0, 0.1) is 11.8 Å². The number of nitrogens with one attached hydrogen (secondary N) is 8. The molecule has 8 N–H and O–H groups in total. The summed E-state index contributed by atoms with van der Waals surface area (Å²) in [5.41, 5.74) is -2.51. The van der Waals surface area contributed by atoms with Crippen LogP contribution in [0.4, 0.5) is 4.79 Å². The monoisotopic (exact) mass is 937 g/mol. The Morgan fingerprint density at radius 3 is 1.21 bits per heavy atom. The highest BCUT2D eigenvalue weighted by Crippen LogP contribution is 2.13. The van der Waals surface area contributed by atoms with Gasteiger partial charge in [-0.2, -0.15) is 0 Å². The van der Waals surface area contributed by atoms with Crippen molar-refractivity contribution in [2.75, 3.05) is 7.11 Å². The minimum atomic E-state index is -1.67. The maximum atomic E-state index is 14.0. The fraction of sp³-hybridized carbons (Fsp3) is 0.562. The molecule has 19 heteroatoms. The first-order chi connectivity index (χ1) is 31.0. The van der Waals surface area contributed by atoms with Gasteiger partial charge in [-0.05, 0) is 85.3 Å². The number of amides is 8. The van der Waals surface area contributed by atoms with Crippen LogP contribution in [0.25, 0.3) is 0 Å². The van der Waals surface area contributed by atoms with Gasteiger partial charge in [-0.3, -0.25) is 33.6 Å². The van der Waals surface area contributed by atoms with Crippen molar-refractivity contribution in [2.45, 2.75) is 156 Å². The molecule has 0 unspecified atom stereocenters. The van der Waals surface area contributed by atoms with Crippen LogP contribution < -0.4 is 42.5 Å². The molecule has 0 saturated heterocycles. The van der Waals surface area contributed by atoms with Crippen LogP contribution in [0.15, 0.2) is 60.7 Å². The molecule has 0 aliphatic heterocycles. The van der Waals surface area contributed by atoms with Crippen molar-refractivity contribution in [3.63, 3.8) is 0 Å². The summed E-state index contributed by atoms with van der Waals surface area (Å²) in [5, 5.41) is 21.0. The van der Waals surface area contributed by atoms with Crippen LogP contribution in [0.1, 0.15) is 101 Å². The first-order valence-electron chi connectivity index (χ1n) is 22.3. The van der Waals surface area contributed by atoms with Gasteiger partial charge in [0.1, 0.15) is 52.9 Å². The van der Waals surface area contributed by atoms with E-state index in [1.54, 1.807) is 109 Å². The topological polar surface area (TPSA) is 268 Å². The molecule has 2 aromatic rings. The number of carbonyl (C=O) groups excluding carboxylic acids is 9. The molecule has 0 saturated carbocycles. The van der Waals surface area contributed by atoms with E-state index in [2.05, 4.69) is 42.5 Å². The number of ether oxygens (including phenoxy) is 2. The van der Waals surface area contributed by atoms with Crippen LogP contribution in [0.2, 0.25) is 0 Å². The Bertz CT molecular complexity index is 2050. The third-order valence-corrected chi connectivity index (χ3v) is 10.3. The van der Waals surface area contributed by atoms with E-state index in [1.807, 2.05) is 0 Å². The molecule has 0 fully saturated rings. The Labute approximate surface area is 394 Å². The number of hydrogen-bond acceptors (Lipinski definition) is 11. The predicted molar refractivity (Wildman–Crippen MR) is 251 cm³/mol. The quantitative estimate of drug-likeness (QED) is 0.0793. The Hall–Kier alpha value is -6.53. The normalized spacial score (nSPS) is 14.4. The summed E-state index contributed by atoms with van der Waals surface area (Å²) >= 11 is 0. The Morgan fingerprint density at radius 2 is 0.851 bits per heavy atom. The molecule has 370 valence electrons. The molecular weight excluding hydrogens is 865 g/mol. The van der Waals surface area contributed by atoms with Crippen molar-refractivity contribution < 1.29 is 52.6 Å². The lowest BCUT2D eigenvalue weighted by molar-refractivity contribution is -0.149. The number of methoxy groups -OCH3 is 1. The zero-order valence-electron chi connectivity index (χ0n) is 41.3. The lowest BCUT2D eigenvalue weighted by Gasteiger charge is -2.32. The Balaban J connectivity index is 2.22. The molecule has 0 aliphatic carbocycles. The van der Waals surface area contributed by atoms with Crippen molar-refractivity contribution in [1.29, 1.82) is 0 Å². The fourth-order valence-electron chi connectivity index (χ4n) is 6.43. The summed E-state index contributed by atoms with van der Waals surface area (Å²) in [7, 11) is 1.19. The summed E-state index contributed by atoms with van der Waals surface area (Å²) < 4.78 is 10.1. The van der Waals surface area contributed by atoms with Gasteiger partial charge >= 0.3 is 12.1 Å². The number of benzene rings is 2. The second kappa shape index (κ2) is 24.8. The van der Waals surface area contributed by atoms with E-state index in [9.17, 15) is 43.2 Å². The number of carbonyl (C=O) groups is 9. The van der Waals surface area contributed by atoms with E-state index in [4.69, 9.17) is 9.47 Å². The van der Waals surface area contributed by atoms with Gasteiger partial charge in [0.15, 0.2) is 0 Å².